The summed E-state index contributed by atoms with van der Waals surface area (Å²) in [6.07, 6.45) is 3.26. The maximum absolute atomic E-state index is 12.4. The van der Waals surface area contributed by atoms with Crippen LogP contribution in [0.25, 0.3) is 16.7 Å². The molecule has 2 aromatic heterocycles. The first kappa shape index (κ1) is 18.2. The molecule has 2 aromatic carbocycles. The second-order valence-corrected chi connectivity index (χ2v) is 7.26. The Labute approximate surface area is 167 Å². The zero-order valence-electron chi connectivity index (χ0n) is 15.3. The lowest BCUT2D eigenvalue weighted by atomic mass is 10.1. The molecule has 140 valence electrons. The van der Waals surface area contributed by atoms with Crippen molar-refractivity contribution >= 4 is 28.7 Å². The van der Waals surface area contributed by atoms with Crippen LogP contribution in [-0.2, 0) is 4.79 Å². The van der Waals surface area contributed by atoms with E-state index in [9.17, 15) is 4.79 Å². The molecule has 6 nitrogen and oxygen atoms in total. The molecule has 1 atom stereocenters. The highest BCUT2D eigenvalue weighted by atomic mass is 32.2. The second kappa shape index (κ2) is 8.22. The number of para-hydroxylation sites is 1. The molecule has 0 aliphatic carbocycles. The number of carbonyl (C=O) groups excluding carboxylic acids is 1. The second-order valence-electron chi connectivity index (χ2n) is 6.30. The lowest BCUT2D eigenvalue weighted by Gasteiger charge is -2.14. The number of fused-ring (bicyclic) bond motifs is 1. The first-order chi connectivity index (χ1) is 13.7. The highest BCUT2D eigenvalue weighted by Gasteiger charge is 2.14. The van der Waals surface area contributed by atoms with Crippen LogP contribution < -0.4 is 5.32 Å². The highest BCUT2D eigenvalue weighted by molar-refractivity contribution is 8.00. The van der Waals surface area contributed by atoms with Crippen LogP contribution in [0.1, 0.15) is 18.5 Å². The topological polar surface area (TPSA) is 72.7 Å². The van der Waals surface area contributed by atoms with Crippen LogP contribution >= 0.6 is 11.8 Å². The van der Waals surface area contributed by atoms with Gasteiger partial charge in [-0.25, -0.2) is 14.6 Å². The maximum Gasteiger partial charge on any atom is 0.230 e. The Morgan fingerprint density at radius 2 is 1.79 bits per heavy atom. The molecular formula is C21H19N5OS. The molecule has 0 unspecified atom stereocenters. The summed E-state index contributed by atoms with van der Waals surface area (Å²) in [5.41, 5.74) is 2.73. The number of nitrogens with zero attached hydrogens (tertiary/aromatic N) is 4. The zero-order valence-corrected chi connectivity index (χ0v) is 16.1. The number of nitrogens with one attached hydrogen (secondary N) is 1. The Morgan fingerprint density at radius 1 is 1.07 bits per heavy atom. The molecule has 0 fully saturated rings. The zero-order chi connectivity index (χ0) is 19.3. The lowest BCUT2D eigenvalue weighted by Crippen LogP contribution is -2.28. The van der Waals surface area contributed by atoms with Gasteiger partial charge < -0.3 is 5.32 Å². The van der Waals surface area contributed by atoms with E-state index in [1.165, 1.54) is 18.1 Å². The minimum absolute atomic E-state index is 0.0384. The van der Waals surface area contributed by atoms with Crippen LogP contribution in [0.15, 0.2) is 78.2 Å². The molecule has 0 radical (unpaired) electrons. The van der Waals surface area contributed by atoms with Gasteiger partial charge >= 0.3 is 0 Å². The minimum Gasteiger partial charge on any atom is -0.349 e. The van der Waals surface area contributed by atoms with Crippen molar-refractivity contribution in [2.75, 3.05) is 5.75 Å². The molecule has 2 heterocycles. The molecule has 4 rings (SSSR count). The van der Waals surface area contributed by atoms with Gasteiger partial charge in [-0.05, 0) is 24.6 Å². The van der Waals surface area contributed by atoms with Gasteiger partial charge in [0, 0.05) is 0 Å². The molecule has 1 amide bonds. The predicted octanol–water partition coefficient (Wildman–Crippen LogP) is 3.79. The molecule has 4 aromatic rings. The molecular weight excluding hydrogens is 370 g/mol. The number of benzene rings is 2. The minimum atomic E-state index is -0.0412. The number of aromatic nitrogens is 4. The average molecular weight is 389 g/mol. The van der Waals surface area contributed by atoms with E-state index < -0.39 is 0 Å². The molecule has 0 saturated heterocycles. The molecule has 7 heteroatoms. The fourth-order valence-corrected chi connectivity index (χ4v) is 3.71. The molecule has 0 saturated carbocycles. The third-order valence-corrected chi connectivity index (χ3v) is 5.35. The van der Waals surface area contributed by atoms with Gasteiger partial charge in [0.05, 0.1) is 29.1 Å². The number of carbonyl (C=O) groups is 1. The van der Waals surface area contributed by atoms with Crippen LogP contribution in [0.5, 0.6) is 0 Å². The van der Waals surface area contributed by atoms with Crippen molar-refractivity contribution in [2.45, 2.75) is 18.0 Å². The van der Waals surface area contributed by atoms with Gasteiger partial charge in [-0.3, -0.25) is 4.79 Å². The number of amides is 1. The summed E-state index contributed by atoms with van der Waals surface area (Å²) >= 11 is 1.39. The molecule has 0 aliphatic heterocycles. The third-order valence-electron chi connectivity index (χ3n) is 4.35. The first-order valence-corrected chi connectivity index (χ1v) is 9.92. The van der Waals surface area contributed by atoms with E-state index in [0.29, 0.717) is 0 Å². The van der Waals surface area contributed by atoms with Gasteiger partial charge in [0.15, 0.2) is 5.65 Å². The van der Waals surface area contributed by atoms with E-state index in [-0.39, 0.29) is 17.7 Å². The fraction of sp³-hybridized carbons (Fsp3) is 0.143. The number of thioether (sulfide) groups is 1. The molecule has 0 bridgehead atoms. The number of hydrogen-bond acceptors (Lipinski definition) is 5. The molecule has 0 aliphatic rings. The van der Waals surface area contributed by atoms with Crippen LogP contribution in [0, 0.1) is 0 Å². The summed E-state index contributed by atoms with van der Waals surface area (Å²) in [5.74, 6) is 0.239. The first-order valence-electron chi connectivity index (χ1n) is 8.93. The smallest absolute Gasteiger partial charge is 0.230 e. The van der Waals surface area contributed by atoms with Gasteiger partial charge in [0.25, 0.3) is 0 Å². The Hall–Kier alpha value is -3.19. The van der Waals surface area contributed by atoms with Gasteiger partial charge in [0.1, 0.15) is 11.4 Å². The fourth-order valence-electron chi connectivity index (χ4n) is 2.94. The van der Waals surface area contributed by atoms with Crippen molar-refractivity contribution in [3.05, 3.63) is 78.8 Å². The summed E-state index contributed by atoms with van der Waals surface area (Å²) in [6.45, 7) is 1.98. The van der Waals surface area contributed by atoms with Gasteiger partial charge in [-0.1, -0.05) is 60.3 Å². The quantitative estimate of drug-likeness (QED) is 0.401. The lowest BCUT2D eigenvalue weighted by molar-refractivity contribution is -0.119. The van der Waals surface area contributed by atoms with Crippen molar-refractivity contribution in [3.63, 3.8) is 0 Å². The third kappa shape index (κ3) is 3.89. The van der Waals surface area contributed by atoms with Gasteiger partial charge in [0.2, 0.25) is 5.91 Å². The number of hydrogen-bond donors (Lipinski definition) is 1. The van der Waals surface area contributed by atoms with Crippen molar-refractivity contribution in [1.82, 2.24) is 25.1 Å². The standard InChI is InChI=1S/C21H19N5OS/c1-15(16-8-4-2-5-9-16)25-19(27)13-28-21-18-12-24-26(20(18)22-14-23-21)17-10-6-3-7-11-17/h2-12,14-15H,13H2,1H3,(H,25,27)/t15-/m1/s1. The molecule has 0 spiro atoms. The van der Waals surface area contributed by atoms with Crippen molar-refractivity contribution < 1.29 is 4.79 Å². The Bertz CT molecular complexity index is 1080. The molecule has 1 N–H and O–H groups in total. The summed E-state index contributed by atoms with van der Waals surface area (Å²) in [5, 5.41) is 9.04. The van der Waals surface area contributed by atoms with E-state index in [1.807, 2.05) is 67.6 Å². The Morgan fingerprint density at radius 3 is 2.54 bits per heavy atom. The van der Waals surface area contributed by atoms with Crippen LogP contribution in [0.3, 0.4) is 0 Å². The summed E-state index contributed by atoms with van der Waals surface area (Å²) < 4.78 is 1.78. The van der Waals surface area contributed by atoms with E-state index >= 15 is 0 Å². The summed E-state index contributed by atoms with van der Waals surface area (Å²) in [6, 6.07) is 19.7. The van der Waals surface area contributed by atoms with E-state index in [1.54, 1.807) is 10.9 Å². The van der Waals surface area contributed by atoms with E-state index in [2.05, 4.69) is 20.4 Å². The monoisotopic (exact) mass is 389 g/mol. The highest BCUT2D eigenvalue weighted by Crippen LogP contribution is 2.25. The SMILES string of the molecule is C[C@@H](NC(=O)CSc1ncnc2c1cnn2-c1ccccc1)c1ccccc1. The van der Waals surface area contributed by atoms with Crippen LogP contribution in [-0.4, -0.2) is 31.4 Å². The van der Waals surface area contributed by atoms with Crippen molar-refractivity contribution in [1.29, 1.82) is 0 Å². The van der Waals surface area contributed by atoms with Crippen molar-refractivity contribution in [2.24, 2.45) is 0 Å². The maximum atomic E-state index is 12.4. The van der Waals surface area contributed by atoms with Crippen LogP contribution in [0.2, 0.25) is 0 Å². The van der Waals surface area contributed by atoms with E-state index in [4.69, 9.17) is 0 Å². The normalized spacial score (nSPS) is 12.0. The molecule has 28 heavy (non-hydrogen) atoms. The van der Waals surface area contributed by atoms with E-state index in [0.717, 1.165) is 27.3 Å². The van der Waals surface area contributed by atoms with Gasteiger partial charge in [-0.15, -0.1) is 0 Å². The Kier molecular flexibility index (Phi) is 5.34. The summed E-state index contributed by atoms with van der Waals surface area (Å²) in [4.78, 5) is 21.1. The Balaban J connectivity index is 1.47. The summed E-state index contributed by atoms with van der Waals surface area (Å²) in [7, 11) is 0. The van der Waals surface area contributed by atoms with Crippen LogP contribution in [0.4, 0.5) is 0 Å². The average Bonchev–Trinajstić information content (AvgIpc) is 3.18. The van der Waals surface area contributed by atoms with Gasteiger partial charge in [-0.2, -0.15) is 5.10 Å². The predicted molar refractivity (Wildman–Crippen MR) is 110 cm³/mol. The number of rotatable bonds is 6. The largest absolute Gasteiger partial charge is 0.349 e. The van der Waals surface area contributed by atoms with Crippen molar-refractivity contribution in [3.8, 4) is 5.69 Å².